The van der Waals surface area contributed by atoms with Gasteiger partial charge in [0.15, 0.2) is 0 Å². The lowest BCUT2D eigenvalue weighted by atomic mass is 10.0. The zero-order valence-corrected chi connectivity index (χ0v) is 14.0. The van der Waals surface area contributed by atoms with Crippen molar-refractivity contribution >= 4 is 11.6 Å². The van der Waals surface area contributed by atoms with Gasteiger partial charge in [-0.05, 0) is 36.1 Å². The highest BCUT2D eigenvalue weighted by atomic mass is 19.1. The fraction of sp³-hybridized carbons (Fsp3) is 0.300. The number of hydrogen-bond acceptors (Lipinski definition) is 3. The fourth-order valence-corrected chi connectivity index (χ4v) is 2.82. The number of oxime groups is 1. The van der Waals surface area contributed by atoms with Crippen LogP contribution in [0.4, 0.5) is 4.39 Å². The predicted molar refractivity (Wildman–Crippen MR) is 94.8 cm³/mol. The van der Waals surface area contributed by atoms with Crippen molar-refractivity contribution in [2.75, 3.05) is 6.54 Å². The smallest absolute Gasteiger partial charge is 0.264 e. The molecule has 1 heterocycles. The number of halogens is 1. The van der Waals surface area contributed by atoms with Crippen molar-refractivity contribution in [3.05, 3.63) is 71.5 Å². The Morgan fingerprint density at radius 1 is 1.16 bits per heavy atom. The minimum Gasteiger partial charge on any atom is -0.382 e. The molecule has 4 nitrogen and oxygen atoms in total. The number of benzene rings is 2. The molecule has 1 N–H and O–H groups in total. The number of nitrogens with zero attached hydrogens (tertiary/aromatic N) is 1. The van der Waals surface area contributed by atoms with Crippen molar-refractivity contribution in [3.8, 4) is 0 Å². The number of aryl methyl sites for hydroxylation is 1. The van der Waals surface area contributed by atoms with Gasteiger partial charge in [0.25, 0.3) is 5.91 Å². The first-order chi connectivity index (χ1) is 12.2. The molecule has 1 aliphatic heterocycles. The van der Waals surface area contributed by atoms with E-state index >= 15 is 0 Å². The Balaban J connectivity index is 1.38. The summed E-state index contributed by atoms with van der Waals surface area (Å²) in [5.41, 5.74) is 2.84. The Labute approximate surface area is 146 Å². The van der Waals surface area contributed by atoms with Crippen LogP contribution in [0.5, 0.6) is 0 Å². The van der Waals surface area contributed by atoms with Crippen LogP contribution in [-0.4, -0.2) is 24.3 Å². The van der Waals surface area contributed by atoms with E-state index in [-0.39, 0.29) is 11.7 Å². The van der Waals surface area contributed by atoms with Crippen molar-refractivity contribution in [2.45, 2.75) is 31.8 Å². The van der Waals surface area contributed by atoms with Gasteiger partial charge in [-0.15, -0.1) is 0 Å². The van der Waals surface area contributed by atoms with Gasteiger partial charge < -0.3 is 10.2 Å². The average Bonchev–Trinajstić information content (AvgIpc) is 3.08. The standard InChI is InChI=1S/C20H21FN2O2/c21-17-10-4-8-16(12-17)13-18-14-19(25-23-18)20(24)22-11-5-9-15-6-2-1-3-7-15/h1-4,6-8,10,12,19H,5,9,11,13-14H2,(H,22,24). The molecule has 0 bridgehead atoms. The van der Waals surface area contributed by atoms with Crippen molar-refractivity contribution in [1.82, 2.24) is 5.32 Å². The molecule has 0 saturated heterocycles. The highest BCUT2D eigenvalue weighted by Crippen LogP contribution is 2.15. The first-order valence-corrected chi connectivity index (χ1v) is 8.48. The van der Waals surface area contributed by atoms with E-state index in [0.717, 1.165) is 24.1 Å². The lowest BCUT2D eigenvalue weighted by Crippen LogP contribution is -2.35. The normalized spacial score (nSPS) is 16.2. The zero-order chi connectivity index (χ0) is 17.5. The molecular formula is C20H21FN2O2. The summed E-state index contributed by atoms with van der Waals surface area (Å²) in [6.07, 6.45) is 2.16. The second-order valence-electron chi connectivity index (χ2n) is 6.14. The van der Waals surface area contributed by atoms with Gasteiger partial charge in [-0.2, -0.15) is 0 Å². The van der Waals surface area contributed by atoms with Crippen LogP contribution in [0.2, 0.25) is 0 Å². The Hall–Kier alpha value is -2.69. The lowest BCUT2D eigenvalue weighted by molar-refractivity contribution is -0.131. The predicted octanol–water partition coefficient (Wildman–Crippen LogP) is 3.26. The van der Waals surface area contributed by atoms with Crippen LogP contribution in [0.1, 0.15) is 24.0 Å². The summed E-state index contributed by atoms with van der Waals surface area (Å²) in [5.74, 6) is -0.421. The van der Waals surface area contributed by atoms with Crippen LogP contribution in [0.3, 0.4) is 0 Å². The van der Waals surface area contributed by atoms with Crippen LogP contribution in [0, 0.1) is 5.82 Å². The van der Waals surface area contributed by atoms with Crippen molar-refractivity contribution in [3.63, 3.8) is 0 Å². The van der Waals surface area contributed by atoms with Crippen LogP contribution >= 0.6 is 0 Å². The van der Waals surface area contributed by atoms with E-state index < -0.39 is 6.10 Å². The molecule has 0 saturated carbocycles. The lowest BCUT2D eigenvalue weighted by Gasteiger charge is -2.09. The third-order valence-corrected chi connectivity index (χ3v) is 4.10. The number of nitrogens with one attached hydrogen (secondary N) is 1. The minimum atomic E-state index is -0.583. The van der Waals surface area contributed by atoms with E-state index in [2.05, 4.69) is 22.6 Å². The second kappa shape index (κ2) is 8.42. The summed E-state index contributed by atoms with van der Waals surface area (Å²) in [7, 11) is 0. The highest BCUT2D eigenvalue weighted by Gasteiger charge is 2.27. The molecule has 0 aliphatic carbocycles. The van der Waals surface area contributed by atoms with Gasteiger partial charge in [-0.3, -0.25) is 4.79 Å². The summed E-state index contributed by atoms with van der Waals surface area (Å²) < 4.78 is 13.2. The third-order valence-electron chi connectivity index (χ3n) is 4.10. The van der Waals surface area contributed by atoms with E-state index in [1.807, 2.05) is 24.3 Å². The number of rotatable bonds is 7. The van der Waals surface area contributed by atoms with Gasteiger partial charge in [0, 0.05) is 19.4 Å². The molecule has 5 heteroatoms. The molecule has 1 amide bonds. The van der Waals surface area contributed by atoms with Crippen LogP contribution in [0.25, 0.3) is 0 Å². The molecule has 1 aliphatic rings. The molecule has 1 atom stereocenters. The first kappa shape index (κ1) is 17.1. The monoisotopic (exact) mass is 340 g/mol. The quantitative estimate of drug-likeness (QED) is 0.787. The number of hydrogen-bond donors (Lipinski definition) is 1. The molecule has 130 valence electrons. The van der Waals surface area contributed by atoms with Crippen LogP contribution < -0.4 is 5.32 Å². The second-order valence-corrected chi connectivity index (χ2v) is 6.14. The Morgan fingerprint density at radius 3 is 2.76 bits per heavy atom. The maximum atomic E-state index is 13.2. The van der Waals surface area contributed by atoms with Gasteiger partial charge >= 0.3 is 0 Å². The Bertz CT molecular complexity index is 746. The van der Waals surface area contributed by atoms with E-state index in [1.54, 1.807) is 6.07 Å². The fourth-order valence-electron chi connectivity index (χ4n) is 2.82. The Morgan fingerprint density at radius 2 is 1.96 bits per heavy atom. The minimum absolute atomic E-state index is 0.147. The summed E-state index contributed by atoms with van der Waals surface area (Å²) in [5, 5.41) is 6.86. The zero-order valence-electron chi connectivity index (χ0n) is 14.0. The van der Waals surface area contributed by atoms with Gasteiger partial charge in [-0.25, -0.2) is 4.39 Å². The molecular weight excluding hydrogens is 319 g/mol. The summed E-state index contributed by atoms with van der Waals surface area (Å²) in [6, 6.07) is 16.5. The molecule has 0 radical (unpaired) electrons. The van der Waals surface area contributed by atoms with Gasteiger partial charge in [0.1, 0.15) is 5.82 Å². The topological polar surface area (TPSA) is 50.7 Å². The van der Waals surface area contributed by atoms with E-state index in [0.29, 0.717) is 19.4 Å². The number of carbonyl (C=O) groups excluding carboxylic acids is 1. The van der Waals surface area contributed by atoms with E-state index in [1.165, 1.54) is 17.7 Å². The van der Waals surface area contributed by atoms with Gasteiger partial charge in [-0.1, -0.05) is 47.6 Å². The van der Waals surface area contributed by atoms with Gasteiger partial charge in [0.05, 0.1) is 5.71 Å². The number of carbonyl (C=O) groups is 1. The molecule has 25 heavy (non-hydrogen) atoms. The van der Waals surface area contributed by atoms with Crippen LogP contribution in [0.15, 0.2) is 59.8 Å². The van der Waals surface area contributed by atoms with Gasteiger partial charge in [0.2, 0.25) is 6.10 Å². The molecule has 1 unspecified atom stereocenters. The van der Waals surface area contributed by atoms with Crippen molar-refractivity contribution < 1.29 is 14.0 Å². The van der Waals surface area contributed by atoms with Crippen molar-refractivity contribution in [2.24, 2.45) is 5.16 Å². The maximum Gasteiger partial charge on any atom is 0.264 e. The summed E-state index contributed by atoms with van der Waals surface area (Å²) >= 11 is 0. The average molecular weight is 340 g/mol. The number of amides is 1. The highest BCUT2D eigenvalue weighted by molar-refractivity contribution is 5.93. The van der Waals surface area contributed by atoms with E-state index in [9.17, 15) is 9.18 Å². The van der Waals surface area contributed by atoms with E-state index in [4.69, 9.17) is 4.84 Å². The molecule has 0 spiro atoms. The SMILES string of the molecule is O=C(NCCCc1ccccc1)C1CC(Cc2cccc(F)c2)=NO1. The van der Waals surface area contributed by atoms with Crippen molar-refractivity contribution in [1.29, 1.82) is 0 Å². The molecule has 3 rings (SSSR count). The Kier molecular flexibility index (Phi) is 5.77. The summed E-state index contributed by atoms with van der Waals surface area (Å²) in [4.78, 5) is 17.4. The van der Waals surface area contributed by atoms with Crippen LogP contribution in [-0.2, 0) is 22.5 Å². The molecule has 2 aromatic carbocycles. The maximum absolute atomic E-state index is 13.2. The molecule has 0 aromatic heterocycles. The third kappa shape index (κ3) is 5.14. The first-order valence-electron chi connectivity index (χ1n) is 8.48. The molecule has 2 aromatic rings. The largest absolute Gasteiger partial charge is 0.382 e. The molecule has 0 fully saturated rings. The summed E-state index contributed by atoms with van der Waals surface area (Å²) in [6.45, 7) is 0.604.